The van der Waals surface area contributed by atoms with Gasteiger partial charge in [0.15, 0.2) is 5.11 Å². The summed E-state index contributed by atoms with van der Waals surface area (Å²) < 4.78 is 1.99. The first kappa shape index (κ1) is 15.5. The Morgan fingerprint density at radius 1 is 1.33 bits per heavy atom. The van der Waals surface area contributed by atoms with Crippen LogP contribution in [0.25, 0.3) is 0 Å². The maximum absolute atomic E-state index is 5.36. The third-order valence-electron chi connectivity index (χ3n) is 3.55. The SMILES string of the molecule is CCn1ncc(C(C)NC(=S)NCc2ccccc2)c1C. The summed E-state index contributed by atoms with van der Waals surface area (Å²) in [5.74, 6) is 0. The second kappa shape index (κ2) is 7.22. The Labute approximate surface area is 131 Å². The fourth-order valence-electron chi connectivity index (χ4n) is 2.31. The first-order valence-electron chi connectivity index (χ1n) is 7.22. The number of nitrogens with one attached hydrogen (secondary N) is 2. The van der Waals surface area contributed by atoms with E-state index in [0.29, 0.717) is 5.11 Å². The van der Waals surface area contributed by atoms with Gasteiger partial charge >= 0.3 is 0 Å². The predicted octanol–water partition coefficient (Wildman–Crippen LogP) is 2.94. The summed E-state index contributed by atoms with van der Waals surface area (Å²) in [6.45, 7) is 7.89. The van der Waals surface area contributed by atoms with Crippen LogP contribution >= 0.6 is 12.2 Å². The van der Waals surface area contributed by atoms with Crippen LogP contribution in [0.4, 0.5) is 0 Å². The second-order valence-corrected chi connectivity index (χ2v) is 5.44. The Balaban J connectivity index is 1.88. The first-order chi connectivity index (χ1) is 10.1. The Morgan fingerprint density at radius 3 is 2.67 bits per heavy atom. The standard InChI is InChI=1S/C16H22N4S/c1-4-20-13(3)15(11-18-20)12(2)19-16(21)17-10-14-8-6-5-7-9-14/h5-9,11-12H,4,10H2,1-3H3,(H2,17,19,21). The van der Waals surface area contributed by atoms with Crippen molar-refractivity contribution in [1.82, 2.24) is 20.4 Å². The van der Waals surface area contributed by atoms with Gasteiger partial charge in [0.25, 0.3) is 0 Å². The highest BCUT2D eigenvalue weighted by molar-refractivity contribution is 7.80. The van der Waals surface area contributed by atoms with E-state index >= 15 is 0 Å². The lowest BCUT2D eigenvalue weighted by molar-refractivity contribution is 0.631. The molecule has 4 nitrogen and oxygen atoms in total. The second-order valence-electron chi connectivity index (χ2n) is 5.04. The smallest absolute Gasteiger partial charge is 0.167 e. The number of hydrogen-bond acceptors (Lipinski definition) is 2. The zero-order valence-electron chi connectivity index (χ0n) is 12.8. The molecular weight excluding hydrogens is 280 g/mol. The molecule has 2 rings (SSSR count). The molecule has 5 heteroatoms. The van der Waals surface area contributed by atoms with E-state index in [4.69, 9.17) is 12.2 Å². The van der Waals surface area contributed by atoms with E-state index in [2.05, 4.69) is 48.6 Å². The van der Waals surface area contributed by atoms with Gasteiger partial charge in [-0.1, -0.05) is 30.3 Å². The van der Waals surface area contributed by atoms with Gasteiger partial charge in [-0.15, -0.1) is 0 Å². The molecule has 0 aliphatic heterocycles. The molecule has 0 bridgehead atoms. The predicted molar refractivity (Wildman–Crippen MR) is 90.1 cm³/mol. The number of aryl methyl sites for hydroxylation is 1. The molecular formula is C16H22N4S. The van der Waals surface area contributed by atoms with Crippen LogP contribution < -0.4 is 10.6 Å². The number of aromatic nitrogens is 2. The van der Waals surface area contributed by atoms with Gasteiger partial charge in [-0.3, -0.25) is 4.68 Å². The highest BCUT2D eigenvalue weighted by Crippen LogP contribution is 2.16. The monoisotopic (exact) mass is 302 g/mol. The molecule has 0 fully saturated rings. The molecule has 0 aliphatic rings. The van der Waals surface area contributed by atoms with Crippen molar-refractivity contribution in [3.8, 4) is 0 Å². The van der Waals surface area contributed by atoms with Crippen LogP contribution in [0.5, 0.6) is 0 Å². The molecule has 0 amide bonds. The van der Waals surface area contributed by atoms with Crippen molar-refractivity contribution in [3.63, 3.8) is 0 Å². The van der Waals surface area contributed by atoms with Gasteiger partial charge in [0.1, 0.15) is 0 Å². The minimum atomic E-state index is 0.140. The molecule has 0 saturated heterocycles. The lowest BCUT2D eigenvalue weighted by atomic mass is 10.1. The summed E-state index contributed by atoms with van der Waals surface area (Å²) in [6, 6.07) is 10.4. The van der Waals surface area contributed by atoms with E-state index in [0.717, 1.165) is 13.1 Å². The summed E-state index contributed by atoms with van der Waals surface area (Å²) in [6.07, 6.45) is 1.91. The normalized spacial score (nSPS) is 12.0. The summed E-state index contributed by atoms with van der Waals surface area (Å²) >= 11 is 5.36. The Morgan fingerprint density at radius 2 is 2.05 bits per heavy atom. The van der Waals surface area contributed by atoms with Crippen LogP contribution in [0.3, 0.4) is 0 Å². The van der Waals surface area contributed by atoms with Crippen LogP contribution in [0.2, 0.25) is 0 Å². The van der Waals surface area contributed by atoms with Gasteiger partial charge in [-0.25, -0.2) is 0 Å². The number of benzene rings is 1. The van der Waals surface area contributed by atoms with E-state index < -0.39 is 0 Å². The van der Waals surface area contributed by atoms with Crippen molar-refractivity contribution < 1.29 is 0 Å². The Kier molecular flexibility index (Phi) is 5.33. The van der Waals surface area contributed by atoms with Gasteiger partial charge < -0.3 is 10.6 Å². The van der Waals surface area contributed by atoms with Crippen molar-refractivity contribution in [3.05, 3.63) is 53.3 Å². The quantitative estimate of drug-likeness (QED) is 0.833. The van der Waals surface area contributed by atoms with Crippen molar-refractivity contribution in [1.29, 1.82) is 0 Å². The lowest BCUT2D eigenvalue weighted by Crippen LogP contribution is -2.36. The van der Waals surface area contributed by atoms with Crippen LogP contribution in [-0.4, -0.2) is 14.9 Å². The number of nitrogens with zero attached hydrogens (tertiary/aromatic N) is 2. The van der Waals surface area contributed by atoms with Crippen LogP contribution in [-0.2, 0) is 13.1 Å². The zero-order chi connectivity index (χ0) is 15.2. The van der Waals surface area contributed by atoms with Crippen molar-refractivity contribution in [2.24, 2.45) is 0 Å². The fourth-order valence-corrected chi connectivity index (χ4v) is 2.56. The molecule has 1 aromatic carbocycles. The zero-order valence-corrected chi connectivity index (χ0v) is 13.6. The Bertz CT molecular complexity index is 592. The average Bonchev–Trinajstić information content (AvgIpc) is 2.87. The molecule has 21 heavy (non-hydrogen) atoms. The van der Waals surface area contributed by atoms with E-state index in [-0.39, 0.29) is 6.04 Å². The van der Waals surface area contributed by atoms with Crippen molar-refractivity contribution in [2.75, 3.05) is 0 Å². The summed E-state index contributed by atoms with van der Waals surface area (Å²) in [7, 11) is 0. The molecule has 0 saturated carbocycles. The molecule has 1 atom stereocenters. The highest BCUT2D eigenvalue weighted by Gasteiger charge is 2.13. The van der Waals surface area contributed by atoms with E-state index in [9.17, 15) is 0 Å². The largest absolute Gasteiger partial charge is 0.359 e. The van der Waals surface area contributed by atoms with E-state index in [1.54, 1.807) is 0 Å². The maximum atomic E-state index is 5.36. The van der Waals surface area contributed by atoms with Crippen molar-refractivity contribution in [2.45, 2.75) is 39.9 Å². The topological polar surface area (TPSA) is 41.9 Å². The average molecular weight is 302 g/mol. The molecule has 2 N–H and O–H groups in total. The number of thiocarbonyl (C=S) groups is 1. The summed E-state index contributed by atoms with van der Waals surface area (Å²) in [5, 5.41) is 11.6. The molecule has 0 aliphatic carbocycles. The van der Waals surface area contributed by atoms with Crippen molar-refractivity contribution >= 4 is 17.3 Å². The fraction of sp³-hybridized carbons (Fsp3) is 0.375. The van der Waals surface area contributed by atoms with Gasteiger partial charge in [-0.05, 0) is 38.6 Å². The molecule has 1 unspecified atom stereocenters. The number of rotatable bonds is 5. The minimum Gasteiger partial charge on any atom is -0.359 e. The summed E-state index contributed by atoms with van der Waals surface area (Å²) in [4.78, 5) is 0. The van der Waals surface area contributed by atoms with Gasteiger partial charge in [0.2, 0.25) is 0 Å². The minimum absolute atomic E-state index is 0.140. The van der Waals surface area contributed by atoms with Crippen LogP contribution in [0.1, 0.15) is 36.7 Å². The lowest BCUT2D eigenvalue weighted by Gasteiger charge is -2.17. The van der Waals surface area contributed by atoms with Crippen LogP contribution in [0, 0.1) is 6.92 Å². The highest BCUT2D eigenvalue weighted by atomic mass is 32.1. The van der Waals surface area contributed by atoms with Gasteiger partial charge in [0, 0.05) is 24.3 Å². The molecule has 0 radical (unpaired) electrons. The molecule has 112 valence electrons. The third-order valence-corrected chi connectivity index (χ3v) is 3.81. The molecule has 0 spiro atoms. The number of hydrogen-bond donors (Lipinski definition) is 2. The maximum Gasteiger partial charge on any atom is 0.167 e. The van der Waals surface area contributed by atoms with Gasteiger partial charge in [0.05, 0.1) is 12.2 Å². The summed E-state index contributed by atoms with van der Waals surface area (Å²) in [5.41, 5.74) is 3.58. The Hall–Kier alpha value is -1.88. The van der Waals surface area contributed by atoms with Crippen LogP contribution in [0.15, 0.2) is 36.5 Å². The first-order valence-corrected chi connectivity index (χ1v) is 7.63. The van der Waals surface area contributed by atoms with Gasteiger partial charge in [-0.2, -0.15) is 5.10 Å². The molecule has 1 heterocycles. The van der Waals surface area contributed by atoms with E-state index in [1.165, 1.54) is 16.8 Å². The molecule has 2 aromatic rings. The van der Waals surface area contributed by atoms with E-state index in [1.807, 2.05) is 29.1 Å². The third kappa shape index (κ3) is 4.04. The molecule has 1 aromatic heterocycles.